The predicted molar refractivity (Wildman–Crippen MR) is 110 cm³/mol. The molecular weight excluding hydrogens is 339 g/mol. The van der Waals surface area contributed by atoms with Gasteiger partial charge in [-0.2, -0.15) is 0 Å². The second kappa shape index (κ2) is 7.86. The number of benzene rings is 3. The molecule has 0 N–H and O–H groups in total. The molecular formula is C23H21O2P. The summed E-state index contributed by atoms with van der Waals surface area (Å²) in [5.74, 6) is 0.905. The Morgan fingerprint density at radius 3 is 2.42 bits per heavy atom. The molecule has 1 aliphatic carbocycles. The Morgan fingerprint density at radius 2 is 1.58 bits per heavy atom. The monoisotopic (exact) mass is 360 g/mol. The van der Waals surface area contributed by atoms with Crippen LogP contribution in [0, 0.1) is 0 Å². The Kier molecular flexibility index (Phi) is 5.15. The van der Waals surface area contributed by atoms with E-state index in [-0.39, 0.29) is 6.79 Å². The van der Waals surface area contributed by atoms with E-state index in [1.807, 2.05) is 12.1 Å². The van der Waals surface area contributed by atoms with Crippen molar-refractivity contribution in [1.82, 2.24) is 0 Å². The summed E-state index contributed by atoms with van der Waals surface area (Å²) in [5.41, 5.74) is 3.05. The third kappa shape index (κ3) is 3.31. The van der Waals surface area contributed by atoms with Gasteiger partial charge in [0.1, 0.15) is 5.75 Å². The minimum atomic E-state index is -0.643. The Hall–Kier alpha value is -2.41. The molecule has 1 aliphatic rings. The second-order valence-electron chi connectivity index (χ2n) is 6.16. The van der Waals surface area contributed by atoms with Gasteiger partial charge in [0.25, 0.3) is 0 Å². The van der Waals surface area contributed by atoms with Crippen LogP contribution >= 0.6 is 7.92 Å². The summed E-state index contributed by atoms with van der Waals surface area (Å²) >= 11 is 0. The number of fused-ring (bicyclic) bond motifs is 1. The van der Waals surface area contributed by atoms with Crippen LogP contribution in [0.15, 0.2) is 84.9 Å². The minimum absolute atomic E-state index is 0.256. The molecule has 0 saturated carbocycles. The van der Waals surface area contributed by atoms with Gasteiger partial charge in [-0.25, -0.2) is 0 Å². The molecule has 4 rings (SSSR count). The molecule has 2 nitrogen and oxygen atoms in total. The van der Waals surface area contributed by atoms with Crippen LogP contribution in [0.5, 0.6) is 5.75 Å². The van der Waals surface area contributed by atoms with E-state index in [0.29, 0.717) is 5.66 Å². The van der Waals surface area contributed by atoms with Crippen LogP contribution in [0.1, 0.15) is 16.8 Å². The van der Waals surface area contributed by atoms with Crippen molar-refractivity contribution in [2.45, 2.75) is 5.66 Å². The van der Waals surface area contributed by atoms with Crippen LogP contribution in [0.25, 0.3) is 6.08 Å². The van der Waals surface area contributed by atoms with Crippen LogP contribution < -0.4 is 15.3 Å². The van der Waals surface area contributed by atoms with Crippen molar-refractivity contribution in [2.24, 2.45) is 0 Å². The van der Waals surface area contributed by atoms with E-state index >= 15 is 0 Å². The third-order valence-corrected chi connectivity index (χ3v) is 7.29. The smallest absolute Gasteiger partial charge is 0.188 e. The molecule has 3 aromatic carbocycles. The highest BCUT2D eigenvalue weighted by molar-refractivity contribution is 7.73. The SMILES string of the molecule is COCOc1ccccc1P(c1ccccc1)C1C=Cc2ccccc21. The second-order valence-corrected chi connectivity index (χ2v) is 8.45. The number of hydrogen-bond donors (Lipinski definition) is 0. The van der Waals surface area contributed by atoms with Crippen LogP contribution in [0.3, 0.4) is 0 Å². The summed E-state index contributed by atoms with van der Waals surface area (Å²) < 4.78 is 11.0. The molecule has 3 aromatic rings. The fourth-order valence-corrected chi connectivity index (χ4v) is 6.18. The zero-order chi connectivity index (χ0) is 17.8. The van der Waals surface area contributed by atoms with Crippen molar-refractivity contribution < 1.29 is 9.47 Å². The highest BCUT2D eigenvalue weighted by Gasteiger charge is 2.30. The van der Waals surface area contributed by atoms with E-state index in [2.05, 4.69) is 78.9 Å². The normalized spacial score (nSPS) is 16.3. The average Bonchev–Trinajstić information content (AvgIpc) is 3.12. The van der Waals surface area contributed by atoms with Crippen molar-refractivity contribution in [3.63, 3.8) is 0 Å². The fourth-order valence-electron chi connectivity index (χ4n) is 3.39. The summed E-state index contributed by atoms with van der Waals surface area (Å²) in [6.45, 7) is 0.256. The first-order chi connectivity index (χ1) is 12.9. The largest absolute Gasteiger partial charge is 0.467 e. The van der Waals surface area contributed by atoms with Gasteiger partial charge in [0.15, 0.2) is 6.79 Å². The molecule has 0 amide bonds. The number of rotatable bonds is 6. The van der Waals surface area contributed by atoms with Crippen molar-refractivity contribution in [3.05, 3.63) is 96.1 Å². The maximum atomic E-state index is 5.91. The van der Waals surface area contributed by atoms with Crippen molar-refractivity contribution in [3.8, 4) is 5.75 Å². The topological polar surface area (TPSA) is 18.5 Å². The lowest BCUT2D eigenvalue weighted by atomic mass is 10.1. The van der Waals surface area contributed by atoms with E-state index < -0.39 is 7.92 Å². The van der Waals surface area contributed by atoms with Gasteiger partial charge in [-0.1, -0.05) is 84.9 Å². The van der Waals surface area contributed by atoms with Crippen LogP contribution in [0.2, 0.25) is 0 Å². The van der Waals surface area contributed by atoms with Gasteiger partial charge < -0.3 is 9.47 Å². The first-order valence-corrected chi connectivity index (χ1v) is 10.1. The molecule has 0 aliphatic heterocycles. The average molecular weight is 360 g/mol. The first-order valence-electron chi connectivity index (χ1n) is 8.70. The molecule has 0 spiro atoms. The molecule has 2 atom stereocenters. The Morgan fingerprint density at radius 1 is 0.846 bits per heavy atom. The summed E-state index contributed by atoms with van der Waals surface area (Å²) in [6.07, 6.45) is 4.59. The summed E-state index contributed by atoms with van der Waals surface area (Å²) in [4.78, 5) is 0. The number of hydrogen-bond acceptors (Lipinski definition) is 2. The Bertz CT molecular complexity index is 905. The van der Waals surface area contributed by atoms with Crippen molar-refractivity contribution >= 4 is 24.6 Å². The highest BCUT2D eigenvalue weighted by Crippen LogP contribution is 2.55. The molecule has 0 aromatic heterocycles. The van der Waals surface area contributed by atoms with Crippen LogP contribution in [0.4, 0.5) is 0 Å². The maximum absolute atomic E-state index is 5.91. The lowest BCUT2D eigenvalue weighted by Crippen LogP contribution is -2.18. The molecule has 0 bridgehead atoms. The fraction of sp³-hybridized carbons (Fsp3) is 0.130. The highest BCUT2D eigenvalue weighted by atomic mass is 31.1. The van der Waals surface area contributed by atoms with E-state index in [9.17, 15) is 0 Å². The molecule has 130 valence electrons. The lowest BCUT2D eigenvalue weighted by Gasteiger charge is -2.27. The van der Waals surface area contributed by atoms with Gasteiger partial charge in [-0.05, 0) is 30.4 Å². The van der Waals surface area contributed by atoms with Gasteiger partial charge in [-0.15, -0.1) is 0 Å². The van der Waals surface area contributed by atoms with Gasteiger partial charge in [0.05, 0.1) is 0 Å². The standard InChI is InChI=1S/C23H21O2P/c1-24-17-25-21-13-7-8-14-23(21)26(19-10-3-2-4-11-19)22-16-15-18-9-5-6-12-20(18)22/h2-16,22H,17H2,1H3. The number of allylic oxidation sites excluding steroid dienone is 1. The quantitative estimate of drug-likeness (QED) is 0.461. The van der Waals surface area contributed by atoms with Crippen molar-refractivity contribution in [2.75, 3.05) is 13.9 Å². The van der Waals surface area contributed by atoms with Gasteiger partial charge in [0.2, 0.25) is 0 Å². The molecule has 0 radical (unpaired) electrons. The van der Waals surface area contributed by atoms with E-state index in [0.717, 1.165) is 5.75 Å². The first kappa shape index (κ1) is 17.0. The minimum Gasteiger partial charge on any atom is -0.467 e. The number of ether oxygens (including phenoxy) is 2. The molecule has 0 saturated heterocycles. The van der Waals surface area contributed by atoms with E-state index in [1.54, 1.807) is 7.11 Å². The number of methoxy groups -OCH3 is 1. The third-order valence-electron chi connectivity index (χ3n) is 4.54. The predicted octanol–water partition coefficient (Wildman–Crippen LogP) is 4.87. The Labute approximate surface area is 155 Å². The lowest BCUT2D eigenvalue weighted by molar-refractivity contribution is 0.0519. The van der Waals surface area contributed by atoms with Gasteiger partial charge in [0, 0.05) is 18.1 Å². The molecule has 0 heterocycles. The molecule has 0 fully saturated rings. The summed E-state index contributed by atoms with van der Waals surface area (Å²) in [6, 6.07) is 27.8. The van der Waals surface area contributed by atoms with Gasteiger partial charge in [-0.3, -0.25) is 0 Å². The van der Waals surface area contributed by atoms with Gasteiger partial charge >= 0.3 is 0 Å². The number of para-hydroxylation sites is 1. The van der Waals surface area contributed by atoms with Crippen LogP contribution in [-0.4, -0.2) is 13.9 Å². The van der Waals surface area contributed by atoms with E-state index in [4.69, 9.17) is 9.47 Å². The Balaban J connectivity index is 1.83. The summed E-state index contributed by atoms with van der Waals surface area (Å²) in [5, 5.41) is 2.60. The molecule has 2 unspecified atom stereocenters. The zero-order valence-corrected chi connectivity index (χ0v) is 15.6. The van der Waals surface area contributed by atoms with E-state index in [1.165, 1.54) is 21.7 Å². The van der Waals surface area contributed by atoms with Crippen LogP contribution in [-0.2, 0) is 4.74 Å². The molecule has 26 heavy (non-hydrogen) atoms. The van der Waals surface area contributed by atoms with Crippen molar-refractivity contribution in [1.29, 1.82) is 0 Å². The summed E-state index contributed by atoms with van der Waals surface area (Å²) in [7, 11) is 1.01. The molecule has 3 heteroatoms. The maximum Gasteiger partial charge on any atom is 0.188 e. The zero-order valence-electron chi connectivity index (χ0n) is 14.7.